The first kappa shape index (κ1) is 45.9. The maximum Gasteiger partial charge on any atom is 0.0742 e. The van der Waals surface area contributed by atoms with Gasteiger partial charge in [0.1, 0.15) is 0 Å². The van der Waals surface area contributed by atoms with Crippen LogP contribution < -0.4 is 14.7 Å². The Hall–Kier alpha value is -9.18. The number of hydrogen-bond donors (Lipinski definition) is 0. The zero-order chi connectivity index (χ0) is 50.2. The van der Waals surface area contributed by atoms with Gasteiger partial charge in [0.25, 0.3) is 0 Å². The normalized spacial score (nSPS) is 12.4. The highest BCUT2D eigenvalue weighted by atomic mass is 15.2. The number of hydrogen-bond acceptors (Lipinski definition) is 3. The highest BCUT2D eigenvalue weighted by molar-refractivity contribution is 5.90. The second-order valence-electron chi connectivity index (χ2n) is 19.7. The summed E-state index contributed by atoms with van der Waals surface area (Å²) in [5.74, 6) is 0. The number of anilines is 9. The molecule has 356 valence electrons. The van der Waals surface area contributed by atoms with Crippen LogP contribution in [0, 0.1) is 27.7 Å². The molecular formula is C71H57N3. The third-order valence-corrected chi connectivity index (χ3v) is 14.6. The van der Waals surface area contributed by atoms with Gasteiger partial charge >= 0.3 is 0 Å². The number of nitrogens with zero attached hydrogens (tertiary/aromatic N) is 3. The monoisotopic (exact) mass is 951 g/mol. The predicted octanol–water partition coefficient (Wildman–Crippen LogP) is 19.4. The Morgan fingerprint density at radius 2 is 0.568 bits per heavy atom. The van der Waals surface area contributed by atoms with Gasteiger partial charge in [-0.1, -0.05) is 176 Å². The lowest BCUT2D eigenvalue weighted by molar-refractivity contribution is 0.731. The first-order valence-corrected chi connectivity index (χ1v) is 25.6. The molecule has 0 saturated carbocycles. The Bertz CT molecular complexity index is 3460. The lowest BCUT2D eigenvalue weighted by atomic mass is 9.62. The average molecular weight is 952 g/mol. The summed E-state index contributed by atoms with van der Waals surface area (Å²) in [6.07, 6.45) is 0. The lowest BCUT2D eigenvalue weighted by Gasteiger charge is -2.46. The Morgan fingerprint density at radius 1 is 0.270 bits per heavy atom. The highest BCUT2D eigenvalue weighted by Gasteiger charge is 2.46. The van der Waals surface area contributed by atoms with Crippen molar-refractivity contribution in [2.45, 2.75) is 33.1 Å². The van der Waals surface area contributed by atoms with Gasteiger partial charge in [-0.3, -0.25) is 0 Å². The van der Waals surface area contributed by atoms with E-state index in [0.29, 0.717) is 0 Å². The lowest BCUT2D eigenvalue weighted by Crippen LogP contribution is -2.37. The Balaban J connectivity index is 1.04. The molecule has 3 heteroatoms. The van der Waals surface area contributed by atoms with Crippen LogP contribution in [0.5, 0.6) is 0 Å². The molecule has 1 heterocycles. The molecule has 11 aromatic carbocycles. The van der Waals surface area contributed by atoms with Gasteiger partial charge in [0.2, 0.25) is 0 Å². The summed E-state index contributed by atoms with van der Waals surface area (Å²) < 4.78 is 0. The van der Waals surface area contributed by atoms with E-state index in [1.54, 1.807) is 0 Å². The summed E-state index contributed by atoms with van der Waals surface area (Å²) in [6, 6.07) is 100. The number of fused-ring (bicyclic) bond motifs is 2. The molecule has 1 aliphatic heterocycles. The summed E-state index contributed by atoms with van der Waals surface area (Å²) in [5, 5.41) is 0. The van der Waals surface area contributed by atoms with E-state index in [4.69, 9.17) is 0 Å². The zero-order valence-electron chi connectivity index (χ0n) is 42.3. The fraction of sp³-hybridized carbons (Fsp3) is 0.0704. The number of benzene rings is 11. The summed E-state index contributed by atoms with van der Waals surface area (Å²) in [5.41, 5.74) is 23.8. The number of rotatable bonds is 11. The van der Waals surface area contributed by atoms with E-state index in [0.717, 1.165) is 51.2 Å². The molecular weight excluding hydrogens is 895 g/mol. The second-order valence-corrected chi connectivity index (χ2v) is 19.7. The van der Waals surface area contributed by atoms with Crippen LogP contribution in [0.2, 0.25) is 0 Å². The molecule has 0 amide bonds. The third kappa shape index (κ3) is 8.42. The summed E-state index contributed by atoms with van der Waals surface area (Å²) >= 11 is 0. The first-order chi connectivity index (χ1) is 36.3. The quantitative estimate of drug-likeness (QED) is 0.128. The van der Waals surface area contributed by atoms with E-state index in [1.807, 2.05) is 0 Å². The van der Waals surface area contributed by atoms with E-state index in [1.165, 1.54) is 66.8 Å². The summed E-state index contributed by atoms with van der Waals surface area (Å²) in [6.45, 7) is 8.74. The molecule has 0 unspecified atom stereocenters. The molecule has 0 atom stereocenters. The topological polar surface area (TPSA) is 9.72 Å². The second kappa shape index (κ2) is 19.4. The molecule has 0 spiro atoms. The number of aryl methyl sites for hydroxylation is 4. The molecule has 0 aromatic heterocycles. The van der Waals surface area contributed by atoms with Gasteiger partial charge < -0.3 is 14.7 Å². The molecule has 0 aliphatic carbocycles. The van der Waals surface area contributed by atoms with Crippen molar-refractivity contribution in [2.24, 2.45) is 0 Å². The van der Waals surface area contributed by atoms with Crippen molar-refractivity contribution in [3.05, 3.63) is 317 Å². The molecule has 1 aliphatic rings. The van der Waals surface area contributed by atoms with Gasteiger partial charge in [-0.15, -0.1) is 0 Å². The minimum atomic E-state index is -0.709. The smallest absolute Gasteiger partial charge is 0.0742 e. The Labute approximate surface area is 436 Å². The summed E-state index contributed by atoms with van der Waals surface area (Å²) in [7, 11) is 0. The molecule has 74 heavy (non-hydrogen) atoms. The summed E-state index contributed by atoms with van der Waals surface area (Å²) in [4.78, 5) is 7.23. The van der Waals surface area contributed by atoms with Crippen molar-refractivity contribution in [1.29, 1.82) is 0 Å². The van der Waals surface area contributed by atoms with Crippen LogP contribution in [0.4, 0.5) is 51.2 Å². The van der Waals surface area contributed by atoms with Gasteiger partial charge in [0, 0.05) is 39.8 Å². The van der Waals surface area contributed by atoms with Crippen molar-refractivity contribution in [3.8, 4) is 22.3 Å². The Morgan fingerprint density at radius 3 is 0.932 bits per heavy atom. The van der Waals surface area contributed by atoms with Crippen molar-refractivity contribution in [2.75, 3.05) is 14.7 Å². The maximum atomic E-state index is 2.44. The molecule has 0 N–H and O–H groups in total. The minimum Gasteiger partial charge on any atom is -0.310 e. The first-order valence-electron chi connectivity index (χ1n) is 25.6. The van der Waals surface area contributed by atoms with E-state index in [9.17, 15) is 0 Å². The maximum absolute atomic E-state index is 2.44. The van der Waals surface area contributed by atoms with E-state index in [2.05, 4.69) is 315 Å². The van der Waals surface area contributed by atoms with Gasteiger partial charge in [0.05, 0.1) is 16.8 Å². The predicted molar refractivity (Wildman–Crippen MR) is 312 cm³/mol. The van der Waals surface area contributed by atoms with E-state index < -0.39 is 5.41 Å². The molecule has 11 aromatic rings. The van der Waals surface area contributed by atoms with Crippen molar-refractivity contribution >= 4 is 51.2 Å². The molecule has 0 fully saturated rings. The van der Waals surface area contributed by atoms with Gasteiger partial charge in [-0.25, -0.2) is 0 Å². The fourth-order valence-corrected chi connectivity index (χ4v) is 11.5. The highest BCUT2D eigenvalue weighted by Crippen LogP contribution is 2.58. The van der Waals surface area contributed by atoms with Crippen LogP contribution in [-0.2, 0) is 5.41 Å². The number of para-hydroxylation sites is 3. The van der Waals surface area contributed by atoms with Crippen LogP contribution in [0.25, 0.3) is 22.3 Å². The van der Waals surface area contributed by atoms with Crippen LogP contribution in [0.15, 0.2) is 273 Å². The Kier molecular flexibility index (Phi) is 12.1. The largest absolute Gasteiger partial charge is 0.310 e. The average Bonchev–Trinajstić information content (AvgIpc) is 3.44. The molecule has 0 bridgehead atoms. The van der Waals surface area contributed by atoms with Crippen molar-refractivity contribution in [3.63, 3.8) is 0 Å². The third-order valence-electron chi connectivity index (χ3n) is 14.6. The molecule has 3 nitrogen and oxygen atoms in total. The van der Waals surface area contributed by atoms with E-state index >= 15 is 0 Å². The molecule has 0 radical (unpaired) electrons. The van der Waals surface area contributed by atoms with Crippen LogP contribution in [0.3, 0.4) is 0 Å². The fourth-order valence-electron chi connectivity index (χ4n) is 11.5. The SMILES string of the molecule is Cc1cc(C)cc(N(c2ccc(-c3ccccc3)cc2)c2ccc(C3(c4ccc(N(c5ccc(-c6ccccc6)cc5)c5cc(C)cc(C)c5)cc4)c4ccccc4N(c4ccccc4)c4ccccc43)cc2)c1. The van der Waals surface area contributed by atoms with Gasteiger partial charge in [-0.05, 0) is 192 Å². The molecule has 0 saturated heterocycles. The van der Waals surface area contributed by atoms with Crippen molar-refractivity contribution in [1.82, 2.24) is 0 Å². The van der Waals surface area contributed by atoms with Crippen molar-refractivity contribution < 1.29 is 0 Å². The van der Waals surface area contributed by atoms with Crippen LogP contribution in [0.1, 0.15) is 44.5 Å². The van der Waals surface area contributed by atoms with E-state index in [-0.39, 0.29) is 0 Å². The van der Waals surface area contributed by atoms with Crippen LogP contribution in [-0.4, -0.2) is 0 Å². The van der Waals surface area contributed by atoms with Crippen LogP contribution >= 0.6 is 0 Å². The van der Waals surface area contributed by atoms with Gasteiger partial charge in [0.15, 0.2) is 0 Å². The molecule has 12 rings (SSSR count). The standard InChI is InChI=1S/C71H57N3/c1-50-44-51(2)47-65(46-50)72(61-36-28-56(29-37-61)54-18-8-5-9-19-54)63-40-32-58(33-41-63)71(67-24-14-16-26-69(67)74(60-22-12-7-13-23-60)70-27-17-15-25-68(70)71)59-34-42-64(43-35-59)73(66-48-52(3)45-53(4)49-66)62-38-30-57(31-39-62)55-20-10-6-11-21-55/h5-49H,1-4H3. The minimum absolute atomic E-state index is 0.709. The van der Waals surface area contributed by atoms with Gasteiger partial charge in [-0.2, -0.15) is 0 Å². The zero-order valence-corrected chi connectivity index (χ0v) is 42.3.